The van der Waals surface area contributed by atoms with Crippen molar-refractivity contribution in [1.82, 2.24) is 4.57 Å². The predicted molar refractivity (Wildman–Crippen MR) is 136 cm³/mol. The summed E-state index contributed by atoms with van der Waals surface area (Å²) >= 11 is 0. The Bertz CT molecular complexity index is 1540. The Hall–Kier alpha value is -4.13. The highest BCUT2D eigenvalue weighted by atomic mass is 19.1. The standard InChI is InChI=1S/C28H26FN3O3/c1-16-10-22(17(2)30-25-7-5-4-6-21(25)28(34)35)23-13-26(31(3)27(33)24(23)11-16)32-14-18-8-9-20(29)12-19(18)15-32/h4-13,17,30H,14-15H2,1-3H3,(H,34,35)/t17-/m0/s1. The van der Waals surface area contributed by atoms with Crippen molar-refractivity contribution in [2.75, 3.05) is 10.2 Å². The molecule has 5 rings (SSSR count). The van der Waals surface area contributed by atoms with Crippen LogP contribution in [0.4, 0.5) is 15.9 Å². The Morgan fingerprint density at radius 2 is 1.77 bits per heavy atom. The van der Waals surface area contributed by atoms with Gasteiger partial charge in [-0.1, -0.05) is 24.3 Å². The number of hydrogen-bond donors (Lipinski definition) is 2. The number of nitrogens with zero attached hydrogens (tertiary/aromatic N) is 2. The molecule has 1 aliphatic heterocycles. The molecule has 0 unspecified atom stereocenters. The van der Waals surface area contributed by atoms with E-state index < -0.39 is 5.97 Å². The second kappa shape index (κ2) is 8.58. The lowest BCUT2D eigenvalue weighted by molar-refractivity contribution is 0.0698. The van der Waals surface area contributed by atoms with Crippen molar-refractivity contribution in [1.29, 1.82) is 0 Å². The normalized spacial score (nSPS) is 13.7. The van der Waals surface area contributed by atoms with E-state index in [2.05, 4.69) is 10.2 Å². The predicted octanol–water partition coefficient (Wildman–Crippen LogP) is 5.38. The van der Waals surface area contributed by atoms with Crippen LogP contribution in [0.2, 0.25) is 0 Å². The molecule has 1 aliphatic rings. The number of para-hydroxylation sites is 1. The first-order chi connectivity index (χ1) is 16.7. The number of benzene rings is 3. The fourth-order valence-corrected chi connectivity index (χ4v) is 4.97. The van der Waals surface area contributed by atoms with E-state index in [0.717, 1.165) is 33.5 Å². The zero-order valence-electron chi connectivity index (χ0n) is 19.8. The summed E-state index contributed by atoms with van der Waals surface area (Å²) < 4.78 is 15.4. The summed E-state index contributed by atoms with van der Waals surface area (Å²) in [6.45, 7) is 5.01. The molecule has 7 heteroatoms. The van der Waals surface area contributed by atoms with Crippen molar-refractivity contribution >= 4 is 28.2 Å². The van der Waals surface area contributed by atoms with Gasteiger partial charge in [0.2, 0.25) is 0 Å². The molecule has 0 bridgehead atoms. The Kier molecular flexibility index (Phi) is 5.55. The van der Waals surface area contributed by atoms with Crippen LogP contribution in [0.15, 0.2) is 65.5 Å². The third-order valence-electron chi connectivity index (χ3n) is 6.72. The Morgan fingerprint density at radius 1 is 1.03 bits per heavy atom. The molecule has 0 fully saturated rings. The van der Waals surface area contributed by atoms with Gasteiger partial charge in [0.1, 0.15) is 11.6 Å². The summed E-state index contributed by atoms with van der Waals surface area (Å²) in [6, 6.07) is 17.3. The van der Waals surface area contributed by atoms with E-state index in [1.165, 1.54) is 6.07 Å². The quantitative estimate of drug-likeness (QED) is 0.409. The average Bonchev–Trinajstić information content (AvgIpc) is 3.24. The SMILES string of the molecule is Cc1cc([C@H](C)Nc2ccccc2C(=O)O)c2cc(N3Cc4ccc(F)cc4C3)n(C)c(=O)c2c1. The number of aromatic carboxylic acids is 1. The summed E-state index contributed by atoms with van der Waals surface area (Å²) in [6.07, 6.45) is 0. The van der Waals surface area contributed by atoms with Gasteiger partial charge in [0.25, 0.3) is 5.56 Å². The van der Waals surface area contributed by atoms with Gasteiger partial charge in [0.05, 0.1) is 5.56 Å². The van der Waals surface area contributed by atoms with Crippen LogP contribution in [0.25, 0.3) is 10.8 Å². The monoisotopic (exact) mass is 471 g/mol. The topological polar surface area (TPSA) is 74.6 Å². The molecule has 0 radical (unpaired) electrons. The first kappa shape index (κ1) is 22.7. The fourth-order valence-electron chi connectivity index (χ4n) is 4.97. The second-order valence-electron chi connectivity index (χ2n) is 9.17. The number of aromatic nitrogens is 1. The van der Waals surface area contributed by atoms with Gasteiger partial charge >= 0.3 is 5.97 Å². The number of carboxylic acid groups (broad SMARTS) is 1. The number of carboxylic acids is 1. The van der Waals surface area contributed by atoms with Crippen molar-refractivity contribution < 1.29 is 14.3 Å². The zero-order valence-corrected chi connectivity index (χ0v) is 19.8. The summed E-state index contributed by atoms with van der Waals surface area (Å²) in [4.78, 5) is 27.2. The number of carbonyl (C=O) groups is 1. The lowest BCUT2D eigenvalue weighted by atomic mass is 9.97. The molecule has 0 saturated heterocycles. The third-order valence-corrected chi connectivity index (χ3v) is 6.72. The molecule has 3 aromatic carbocycles. The molecule has 0 amide bonds. The molecular formula is C28H26FN3O3. The second-order valence-corrected chi connectivity index (χ2v) is 9.17. The average molecular weight is 472 g/mol. The molecule has 2 heterocycles. The maximum atomic E-state index is 13.8. The first-order valence-electron chi connectivity index (χ1n) is 11.5. The first-order valence-corrected chi connectivity index (χ1v) is 11.5. The Labute approximate surface area is 202 Å². The van der Waals surface area contributed by atoms with Gasteiger partial charge in [0, 0.05) is 37.3 Å². The van der Waals surface area contributed by atoms with Gasteiger partial charge in [0.15, 0.2) is 0 Å². The number of anilines is 2. The van der Waals surface area contributed by atoms with E-state index in [-0.39, 0.29) is 23.0 Å². The largest absolute Gasteiger partial charge is 0.478 e. The summed E-state index contributed by atoms with van der Waals surface area (Å²) in [7, 11) is 1.76. The molecule has 1 aromatic heterocycles. The van der Waals surface area contributed by atoms with E-state index >= 15 is 0 Å². The molecule has 0 saturated carbocycles. The van der Waals surface area contributed by atoms with Gasteiger partial charge in [-0.25, -0.2) is 9.18 Å². The lowest BCUT2D eigenvalue weighted by Gasteiger charge is -2.24. The molecule has 1 atom stereocenters. The van der Waals surface area contributed by atoms with E-state index in [1.807, 2.05) is 32.0 Å². The molecule has 6 nitrogen and oxygen atoms in total. The molecule has 2 N–H and O–H groups in total. The Morgan fingerprint density at radius 3 is 2.54 bits per heavy atom. The lowest BCUT2D eigenvalue weighted by Crippen LogP contribution is -2.27. The minimum Gasteiger partial charge on any atom is -0.478 e. The highest BCUT2D eigenvalue weighted by Crippen LogP contribution is 2.33. The van der Waals surface area contributed by atoms with Crippen LogP contribution in [-0.2, 0) is 20.1 Å². The molecule has 35 heavy (non-hydrogen) atoms. The van der Waals surface area contributed by atoms with Crippen LogP contribution < -0.4 is 15.8 Å². The van der Waals surface area contributed by atoms with Crippen LogP contribution in [0.5, 0.6) is 0 Å². The molecule has 4 aromatic rings. The number of hydrogen-bond acceptors (Lipinski definition) is 4. The van der Waals surface area contributed by atoms with Gasteiger partial charge in [-0.2, -0.15) is 0 Å². The maximum Gasteiger partial charge on any atom is 0.337 e. The summed E-state index contributed by atoms with van der Waals surface area (Å²) in [5, 5.41) is 14.3. The van der Waals surface area contributed by atoms with Gasteiger partial charge in [-0.15, -0.1) is 0 Å². The minimum absolute atomic E-state index is 0.109. The molecule has 0 aliphatic carbocycles. The van der Waals surface area contributed by atoms with Crippen molar-refractivity contribution in [3.8, 4) is 0 Å². The molecule has 178 valence electrons. The molecule has 0 spiro atoms. The van der Waals surface area contributed by atoms with E-state index in [1.54, 1.807) is 48.0 Å². The minimum atomic E-state index is -1.00. The van der Waals surface area contributed by atoms with Crippen molar-refractivity contribution in [3.05, 3.63) is 105 Å². The number of fused-ring (bicyclic) bond motifs is 2. The van der Waals surface area contributed by atoms with Crippen molar-refractivity contribution in [3.63, 3.8) is 0 Å². The molecular weight excluding hydrogens is 445 g/mol. The smallest absolute Gasteiger partial charge is 0.337 e. The summed E-state index contributed by atoms with van der Waals surface area (Å²) in [5.41, 5.74) is 4.41. The van der Waals surface area contributed by atoms with Gasteiger partial charge < -0.3 is 15.3 Å². The van der Waals surface area contributed by atoms with Gasteiger partial charge in [-0.05, 0) is 77.9 Å². The highest BCUT2D eigenvalue weighted by Gasteiger charge is 2.24. The van der Waals surface area contributed by atoms with Crippen LogP contribution in [0, 0.1) is 12.7 Å². The van der Waals surface area contributed by atoms with Crippen LogP contribution in [0.3, 0.4) is 0 Å². The van der Waals surface area contributed by atoms with Crippen LogP contribution in [-0.4, -0.2) is 15.6 Å². The Balaban J connectivity index is 1.60. The number of halogens is 1. The van der Waals surface area contributed by atoms with E-state index in [4.69, 9.17) is 0 Å². The van der Waals surface area contributed by atoms with Crippen LogP contribution in [0.1, 0.15) is 45.6 Å². The van der Waals surface area contributed by atoms with Crippen molar-refractivity contribution in [2.24, 2.45) is 7.05 Å². The van der Waals surface area contributed by atoms with Crippen molar-refractivity contribution in [2.45, 2.75) is 33.0 Å². The fraction of sp³-hybridized carbons (Fsp3) is 0.214. The van der Waals surface area contributed by atoms with E-state index in [0.29, 0.717) is 24.2 Å². The maximum absolute atomic E-state index is 13.8. The number of pyridine rings is 1. The van der Waals surface area contributed by atoms with Crippen LogP contribution >= 0.6 is 0 Å². The summed E-state index contributed by atoms with van der Waals surface area (Å²) in [5.74, 6) is -0.518. The number of aryl methyl sites for hydroxylation is 1. The van der Waals surface area contributed by atoms with E-state index in [9.17, 15) is 19.1 Å². The third kappa shape index (κ3) is 4.03. The van der Waals surface area contributed by atoms with Gasteiger partial charge in [-0.3, -0.25) is 9.36 Å². The zero-order chi connectivity index (χ0) is 24.9. The number of rotatable bonds is 5. The number of nitrogens with one attached hydrogen (secondary N) is 1. The highest BCUT2D eigenvalue weighted by molar-refractivity contribution is 5.94.